The number of halogens is 1. The van der Waals surface area contributed by atoms with Gasteiger partial charge in [-0.3, -0.25) is 4.79 Å². The number of piperidine rings is 1. The molecule has 1 aliphatic heterocycles. The van der Waals surface area contributed by atoms with Crippen molar-refractivity contribution in [3.63, 3.8) is 0 Å². The van der Waals surface area contributed by atoms with Crippen LogP contribution < -0.4 is 5.73 Å². The van der Waals surface area contributed by atoms with Crippen molar-refractivity contribution in [2.75, 3.05) is 13.1 Å². The van der Waals surface area contributed by atoms with E-state index in [-0.39, 0.29) is 18.3 Å². The maximum absolute atomic E-state index is 13.0. The van der Waals surface area contributed by atoms with E-state index in [9.17, 15) is 4.79 Å². The number of hydrogen-bond donors (Lipinski definition) is 1. The summed E-state index contributed by atoms with van der Waals surface area (Å²) in [6.45, 7) is 1.59. The molecule has 2 fully saturated rings. The molecule has 0 bridgehead atoms. The third kappa shape index (κ3) is 4.27. The van der Waals surface area contributed by atoms with E-state index in [1.807, 2.05) is 0 Å². The number of amides is 1. The van der Waals surface area contributed by atoms with Crippen molar-refractivity contribution in [1.29, 1.82) is 0 Å². The van der Waals surface area contributed by atoms with Gasteiger partial charge in [0.2, 0.25) is 5.91 Å². The van der Waals surface area contributed by atoms with Crippen LogP contribution in [0.15, 0.2) is 30.3 Å². The molecule has 1 amide bonds. The van der Waals surface area contributed by atoms with Crippen molar-refractivity contribution >= 4 is 18.3 Å². The Labute approximate surface area is 146 Å². The summed E-state index contributed by atoms with van der Waals surface area (Å²) in [5, 5.41) is 0. The van der Waals surface area contributed by atoms with E-state index in [1.165, 1.54) is 12.0 Å². The lowest BCUT2D eigenvalue weighted by atomic mass is 9.90. The molecule has 128 valence electrons. The topological polar surface area (TPSA) is 46.3 Å². The van der Waals surface area contributed by atoms with Gasteiger partial charge in [-0.25, -0.2) is 0 Å². The zero-order valence-corrected chi connectivity index (χ0v) is 14.6. The van der Waals surface area contributed by atoms with E-state index < -0.39 is 0 Å². The average Bonchev–Trinajstić information content (AvgIpc) is 3.04. The van der Waals surface area contributed by atoms with Gasteiger partial charge in [0.05, 0.1) is 0 Å². The number of likely N-dealkylation sites (tertiary alicyclic amines) is 1. The number of rotatable bonds is 4. The predicted octanol–water partition coefficient (Wildman–Crippen LogP) is 3.41. The van der Waals surface area contributed by atoms with Gasteiger partial charge in [0, 0.05) is 18.5 Å². The quantitative estimate of drug-likeness (QED) is 0.915. The molecule has 4 heteroatoms. The Hall–Kier alpha value is -1.06. The molecule has 1 unspecified atom stereocenters. The fourth-order valence-corrected chi connectivity index (χ4v) is 4.25. The Morgan fingerprint density at radius 1 is 1.09 bits per heavy atom. The molecule has 0 spiro atoms. The maximum Gasteiger partial charge on any atom is 0.226 e. The van der Waals surface area contributed by atoms with Crippen LogP contribution in [0.25, 0.3) is 0 Å². The molecule has 2 N–H and O–H groups in total. The highest BCUT2D eigenvalue weighted by Gasteiger charge is 2.37. The van der Waals surface area contributed by atoms with Gasteiger partial charge < -0.3 is 10.6 Å². The zero-order chi connectivity index (χ0) is 15.4. The minimum atomic E-state index is 0. The van der Waals surface area contributed by atoms with Crippen molar-refractivity contribution in [2.24, 2.45) is 17.6 Å². The molecule has 1 aromatic rings. The van der Waals surface area contributed by atoms with Gasteiger partial charge in [-0.05, 0) is 56.6 Å². The normalized spacial score (nSPS) is 27.5. The van der Waals surface area contributed by atoms with Crippen LogP contribution in [-0.2, 0) is 11.2 Å². The van der Waals surface area contributed by atoms with Crippen LogP contribution in [0.2, 0.25) is 0 Å². The molecule has 2 aliphatic rings. The minimum Gasteiger partial charge on any atom is -0.339 e. The van der Waals surface area contributed by atoms with Crippen LogP contribution in [0.3, 0.4) is 0 Å². The summed E-state index contributed by atoms with van der Waals surface area (Å²) in [6.07, 6.45) is 7.85. The van der Waals surface area contributed by atoms with Crippen LogP contribution in [0.5, 0.6) is 0 Å². The SMILES string of the molecule is Cl.NC[C@H]1CCC[C@H]1C(=O)N1CCCCC1Cc1ccccc1. The van der Waals surface area contributed by atoms with Crippen molar-refractivity contribution in [3.05, 3.63) is 35.9 Å². The van der Waals surface area contributed by atoms with Gasteiger partial charge in [-0.2, -0.15) is 0 Å². The predicted molar refractivity (Wildman–Crippen MR) is 96.6 cm³/mol. The third-order valence-electron chi connectivity index (χ3n) is 5.50. The molecule has 3 nitrogen and oxygen atoms in total. The first kappa shape index (κ1) is 18.3. The Morgan fingerprint density at radius 2 is 1.87 bits per heavy atom. The highest BCUT2D eigenvalue weighted by atomic mass is 35.5. The maximum atomic E-state index is 13.0. The number of carbonyl (C=O) groups is 1. The van der Waals surface area contributed by atoms with E-state index in [4.69, 9.17) is 5.73 Å². The smallest absolute Gasteiger partial charge is 0.226 e. The first-order valence-electron chi connectivity index (χ1n) is 8.84. The highest BCUT2D eigenvalue weighted by Crippen LogP contribution is 2.34. The Morgan fingerprint density at radius 3 is 2.61 bits per heavy atom. The van der Waals surface area contributed by atoms with Crippen molar-refractivity contribution in [2.45, 2.75) is 51.0 Å². The summed E-state index contributed by atoms with van der Waals surface area (Å²) in [6, 6.07) is 11.0. The molecular weight excluding hydrogens is 308 g/mol. The third-order valence-corrected chi connectivity index (χ3v) is 5.50. The van der Waals surface area contributed by atoms with Crippen LogP contribution in [0, 0.1) is 11.8 Å². The second kappa shape index (κ2) is 8.70. The van der Waals surface area contributed by atoms with Gasteiger partial charge in [-0.15, -0.1) is 12.4 Å². The van der Waals surface area contributed by atoms with E-state index in [1.54, 1.807) is 0 Å². The molecule has 1 heterocycles. The van der Waals surface area contributed by atoms with E-state index >= 15 is 0 Å². The van der Waals surface area contributed by atoms with Crippen molar-refractivity contribution in [3.8, 4) is 0 Å². The van der Waals surface area contributed by atoms with Crippen LogP contribution in [-0.4, -0.2) is 29.9 Å². The van der Waals surface area contributed by atoms with Gasteiger partial charge in [0.25, 0.3) is 0 Å². The Bertz CT molecular complexity index is 493. The number of hydrogen-bond acceptors (Lipinski definition) is 2. The lowest BCUT2D eigenvalue weighted by molar-refractivity contribution is -0.140. The highest BCUT2D eigenvalue weighted by molar-refractivity contribution is 5.85. The number of nitrogens with zero attached hydrogens (tertiary/aromatic N) is 1. The van der Waals surface area contributed by atoms with Crippen molar-refractivity contribution in [1.82, 2.24) is 4.90 Å². The lowest BCUT2D eigenvalue weighted by Gasteiger charge is -2.38. The number of carbonyl (C=O) groups excluding carboxylic acids is 1. The van der Waals surface area contributed by atoms with Crippen LogP contribution >= 0.6 is 12.4 Å². The van der Waals surface area contributed by atoms with E-state index in [2.05, 4.69) is 35.2 Å². The molecule has 1 saturated heterocycles. The van der Waals surface area contributed by atoms with Crippen LogP contribution in [0.4, 0.5) is 0 Å². The standard InChI is InChI=1S/C19H28N2O.ClH/c20-14-16-9-6-11-18(16)19(22)21-12-5-4-10-17(21)13-15-7-2-1-3-8-15;/h1-3,7-8,16-18H,4-6,9-14,20H2;1H/t16-,17?,18-;/m1./s1. The molecule has 23 heavy (non-hydrogen) atoms. The summed E-state index contributed by atoms with van der Waals surface area (Å²) < 4.78 is 0. The molecule has 3 atom stereocenters. The Balaban J connectivity index is 0.00000192. The van der Waals surface area contributed by atoms with E-state index in [0.29, 0.717) is 24.4 Å². The number of nitrogens with two attached hydrogens (primary N) is 1. The summed E-state index contributed by atoms with van der Waals surface area (Å²) in [7, 11) is 0. The van der Waals surface area contributed by atoms with E-state index in [0.717, 1.165) is 45.1 Å². The first-order chi connectivity index (χ1) is 10.8. The average molecular weight is 337 g/mol. The van der Waals surface area contributed by atoms with Gasteiger partial charge in [0.1, 0.15) is 0 Å². The summed E-state index contributed by atoms with van der Waals surface area (Å²) in [5.74, 6) is 0.974. The zero-order valence-electron chi connectivity index (χ0n) is 13.8. The molecule has 1 aromatic carbocycles. The summed E-state index contributed by atoms with van der Waals surface area (Å²) >= 11 is 0. The summed E-state index contributed by atoms with van der Waals surface area (Å²) in [5.41, 5.74) is 7.22. The number of benzene rings is 1. The van der Waals surface area contributed by atoms with Crippen molar-refractivity contribution < 1.29 is 4.79 Å². The second-order valence-electron chi connectivity index (χ2n) is 6.90. The van der Waals surface area contributed by atoms with Gasteiger partial charge in [-0.1, -0.05) is 36.8 Å². The molecule has 0 radical (unpaired) electrons. The van der Waals surface area contributed by atoms with Crippen LogP contribution in [0.1, 0.15) is 44.1 Å². The second-order valence-corrected chi connectivity index (χ2v) is 6.90. The fourth-order valence-electron chi connectivity index (χ4n) is 4.25. The molecule has 1 aliphatic carbocycles. The van der Waals surface area contributed by atoms with Gasteiger partial charge in [0.15, 0.2) is 0 Å². The first-order valence-corrected chi connectivity index (χ1v) is 8.84. The Kier molecular flexibility index (Phi) is 6.91. The molecule has 0 aromatic heterocycles. The minimum absolute atomic E-state index is 0. The monoisotopic (exact) mass is 336 g/mol. The van der Waals surface area contributed by atoms with Gasteiger partial charge >= 0.3 is 0 Å². The summed E-state index contributed by atoms with van der Waals surface area (Å²) in [4.78, 5) is 15.2. The molecular formula is C19H29ClN2O. The largest absolute Gasteiger partial charge is 0.339 e. The molecule has 1 saturated carbocycles. The fraction of sp³-hybridized carbons (Fsp3) is 0.632. The molecule has 3 rings (SSSR count). The lowest BCUT2D eigenvalue weighted by Crippen LogP contribution is -2.48.